The Kier molecular flexibility index (Phi) is 3.89. The zero-order chi connectivity index (χ0) is 13.0. The molecule has 0 aliphatic carbocycles. The highest BCUT2D eigenvalue weighted by atomic mass is 19.1. The molecule has 1 aromatic heterocycles. The first-order valence-electron chi connectivity index (χ1n) is 5.80. The molecule has 2 aromatic rings. The van der Waals surface area contributed by atoms with E-state index >= 15 is 0 Å². The summed E-state index contributed by atoms with van der Waals surface area (Å²) in [5.74, 6) is -0.253. The van der Waals surface area contributed by atoms with Gasteiger partial charge in [0.05, 0.1) is 17.9 Å². The number of pyridine rings is 1. The van der Waals surface area contributed by atoms with Crippen molar-refractivity contribution in [1.29, 1.82) is 0 Å². The molecule has 0 saturated heterocycles. The van der Waals surface area contributed by atoms with Gasteiger partial charge in [-0.3, -0.25) is 4.98 Å². The van der Waals surface area contributed by atoms with Crippen LogP contribution in [0.5, 0.6) is 0 Å². The lowest BCUT2D eigenvalue weighted by Gasteiger charge is -2.19. The normalized spacial score (nSPS) is 10.4. The van der Waals surface area contributed by atoms with E-state index in [2.05, 4.69) is 4.98 Å². The van der Waals surface area contributed by atoms with Crippen molar-refractivity contribution in [1.82, 2.24) is 4.98 Å². The minimum absolute atomic E-state index is 0.253. The smallest absolute Gasteiger partial charge is 0.146 e. The van der Waals surface area contributed by atoms with Crippen LogP contribution in [0.25, 0.3) is 0 Å². The molecule has 18 heavy (non-hydrogen) atoms. The molecule has 0 aliphatic rings. The maximum Gasteiger partial charge on any atom is 0.146 e. The largest absolute Gasteiger partial charge is 0.366 e. The van der Waals surface area contributed by atoms with Gasteiger partial charge in [-0.25, -0.2) is 4.39 Å². The number of nitrogens with zero attached hydrogens (tertiary/aromatic N) is 2. The minimum atomic E-state index is -0.253. The fourth-order valence-corrected chi connectivity index (χ4v) is 1.81. The van der Waals surface area contributed by atoms with Gasteiger partial charge in [-0.2, -0.15) is 0 Å². The van der Waals surface area contributed by atoms with Gasteiger partial charge in [0, 0.05) is 19.8 Å². The first-order chi connectivity index (χ1) is 8.70. The number of anilines is 1. The van der Waals surface area contributed by atoms with Gasteiger partial charge in [-0.1, -0.05) is 12.1 Å². The first-order valence-corrected chi connectivity index (χ1v) is 5.80. The third kappa shape index (κ3) is 2.84. The monoisotopic (exact) mass is 245 g/mol. The van der Waals surface area contributed by atoms with Gasteiger partial charge in [-0.05, 0) is 29.8 Å². The topological polar surface area (TPSA) is 42.2 Å². The maximum absolute atomic E-state index is 13.9. The summed E-state index contributed by atoms with van der Waals surface area (Å²) in [4.78, 5) is 6.05. The molecule has 2 N–H and O–H groups in total. The van der Waals surface area contributed by atoms with Gasteiger partial charge < -0.3 is 10.6 Å². The van der Waals surface area contributed by atoms with Gasteiger partial charge in [0.15, 0.2) is 0 Å². The Hall–Kier alpha value is -1.94. The van der Waals surface area contributed by atoms with E-state index in [1.54, 1.807) is 12.3 Å². The number of rotatable bonds is 4. The van der Waals surface area contributed by atoms with Crippen molar-refractivity contribution in [3.8, 4) is 0 Å². The molecule has 0 saturated carbocycles. The summed E-state index contributed by atoms with van der Waals surface area (Å²) >= 11 is 0. The molecule has 94 valence electrons. The van der Waals surface area contributed by atoms with Crippen LogP contribution in [0.4, 0.5) is 10.1 Å². The number of hydrogen-bond donors (Lipinski definition) is 1. The SMILES string of the molecule is CN(Cc1ccccn1)c1ccc(CN)cc1F. The Bertz CT molecular complexity index is 514. The van der Waals surface area contributed by atoms with Crippen LogP contribution in [0.3, 0.4) is 0 Å². The Labute approximate surface area is 106 Å². The fraction of sp³-hybridized carbons (Fsp3) is 0.214. The first kappa shape index (κ1) is 12.5. The maximum atomic E-state index is 13.9. The van der Waals surface area contributed by atoms with Gasteiger partial charge in [0.25, 0.3) is 0 Å². The van der Waals surface area contributed by atoms with Gasteiger partial charge in [0.2, 0.25) is 0 Å². The van der Waals surface area contributed by atoms with Crippen LogP contribution in [-0.4, -0.2) is 12.0 Å². The quantitative estimate of drug-likeness (QED) is 0.898. The lowest BCUT2D eigenvalue weighted by Crippen LogP contribution is -2.18. The van der Waals surface area contributed by atoms with Crippen molar-refractivity contribution in [2.45, 2.75) is 13.1 Å². The third-order valence-electron chi connectivity index (χ3n) is 2.78. The lowest BCUT2D eigenvalue weighted by molar-refractivity contribution is 0.619. The van der Waals surface area contributed by atoms with Crippen LogP contribution in [0.15, 0.2) is 42.6 Å². The second-order valence-electron chi connectivity index (χ2n) is 4.17. The second-order valence-corrected chi connectivity index (χ2v) is 4.17. The predicted octanol–water partition coefficient (Wildman–Crippen LogP) is 2.32. The summed E-state index contributed by atoms with van der Waals surface area (Å²) in [5.41, 5.74) is 7.73. The Morgan fingerprint density at radius 1 is 1.28 bits per heavy atom. The summed E-state index contributed by atoms with van der Waals surface area (Å²) in [7, 11) is 1.84. The molecule has 0 aliphatic heterocycles. The molecule has 0 fully saturated rings. The molecule has 0 unspecified atom stereocenters. The molecule has 2 rings (SSSR count). The number of halogens is 1. The van der Waals surface area contributed by atoms with Crippen molar-refractivity contribution in [2.75, 3.05) is 11.9 Å². The van der Waals surface area contributed by atoms with Crippen LogP contribution in [-0.2, 0) is 13.1 Å². The number of aromatic nitrogens is 1. The Balaban J connectivity index is 2.16. The summed E-state index contributed by atoms with van der Waals surface area (Å²) in [5, 5.41) is 0. The third-order valence-corrected chi connectivity index (χ3v) is 2.78. The van der Waals surface area contributed by atoms with E-state index < -0.39 is 0 Å². The van der Waals surface area contributed by atoms with E-state index in [0.717, 1.165) is 11.3 Å². The van der Waals surface area contributed by atoms with Crippen LogP contribution >= 0.6 is 0 Å². The van der Waals surface area contributed by atoms with E-state index in [1.807, 2.05) is 36.2 Å². The van der Waals surface area contributed by atoms with Crippen molar-refractivity contribution in [2.24, 2.45) is 5.73 Å². The minimum Gasteiger partial charge on any atom is -0.366 e. The van der Waals surface area contributed by atoms with E-state index in [1.165, 1.54) is 6.07 Å². The highest BCUT2D eigenvalue weighted by Gasteiger charge is 2.09. The van der Waals surface area contributed by atoms with Crippen molar-refractivity contribution >= 4 is 5.69 Å². The average Bonchev–Trinajstić information content (AvgIpc) is 2.39. The second kappa shape index (κ2) is 5.60. The van der Waals surface area contributed by atoms with Gasteiger partial charge in [-0.15, -0.1) is 0 Å². The predicted molar refractivity (Wildman–Crippen MR) is 70.6 cm³/mol. The highest BCUT2D eigenvalue weighted by Crippen LogP contribution is 2.20. The van der Waals surface area contributed by atoms with Crippen molar-refractivity contribution in [3.63, 3.8) is 0 Å². The van der Waals surface area contributed by atoms with Crippen LogP contribution in [0, 0.1) is 5.82 Å². The molecule has 1 heterocycles. The molecule has 0 bridgehead atoms. The molecular weight excluding hydrogens is 229 g/mol. The van der Waals surface area contributed by atoms with E-state index in [0.29, 0.717) is 18.8 Å². The van der Waals surface area contributed by atoms with Gasteiger partial charge >= 0.3 is 0 Å². The van der Waals surface area contributed by atoms with Crippen molar-refractivity contribution in [3.05, 3.63) is 59.7 Å². The zero-order valence-electron chi connectivity index (χ0n) is 10.3. The number of hydrogen-bond acceptors (Lipinski definition) is 3. The lowest BCUT2D eigenvalue weighted by atomic mass is 10.2. The molecular formula is C14H16FN3. The molecule has 0 spiro atoms. The standard InChI is InChI=1S/C14H16FN3/c1-18(10-12-4-2-3-7-17-12)14-6-5-11(9-16)8-13(14)15/h2-8H,9-10,16H2,1H3. The van der Waals surface area contributed by atoms with Crippen LogP contribution in [0.2, 0.25) is 0 Å². The molecule has 1 aromatic carbocycles. The molecule has 0 amide bonds. The zero-order valence-corrected chi connectivity index (χ0v) is 10.3. The number of benzene rings is 1. The van der Waals surface area contributed by atoms with E-state index in [4.69, 9.17) is 5.73 Å². The van der Waals surface area contributed by atoms with Gasteiger partial charge in [0.1, 0.15) is 5.82 Å². The van der Waals surface area contributed by atoms with E-state index in [9.17, 15) is 4.39 Å². The number of nitrogens with two attached hydrogens (primary N) is 1. The summed E-state index contributed by atoms with van der Waals surface area (Å²) < 4.78 is 13.9. The Morgan fingerprint density at radius 3 is 2.72 bits per heavy atom. The summed E-state index contributed by atoms with van der Waals surface area (Å²) in [6.45, 7) is 0.918. The van der Waals surface area contributed by atoms with Crippen LogP contribution < -0.4 is 10.6 Å². The molecule has 3 nitrogen and oxygen atoms in total. The molecule has 0 radical (unpaired) electrons. The summed E-state index contributed by atoms with van der Waals surface area (Å²) in [6.07, 6.45) is 1.73. The van der Waals surface area contributed by atoms with E-state index in [-0.39, 0.29) is 5.82 Å². The Morgan fingerprint density at radius 2 is 2.11 bits per heavy atom. The average molecular weight is 245 g/mol. The highest BCUT2D eigenvalue weighted by molar-refractivity contribution is 5.48. The molecule has 4 heteroatoms. The molecule has 0 atom stereocenters. The summed E-state index contributed by atoms with van der Waals surface area (Å²) in [6, 6.07) is 10.8. The fourth-order valence-electron chi connectivity index (χ4n) is 1.81. The van der Waals surface area contributed by atoms with Crippen LogP contribution in [0.1, 0.15) is 11.3 Å². The van der Waals surface area contributed by atoms with Crippen molar-refractivity contribution < 1.29 is 4.39 Å².